The maximum Gasteiger partial charge on any atom is 0.140 e. The molecule has 1 aliphatic heterocycles. The van der Waals surface area contributed by atoms with Crippen molar-refractivity contribution in [2.24, 2.45) is 0 Å². The Hall–Kier alpha value is -0.880. The molecule has 0 N–H and O–H groups in total. The zero-order valence-corrected chi connectivity index (χ0v) is 8.17. The number of hydrogen-bond acceptors (Lipinski definition) is 2. The SMILES string of the molecule is O=C1CC[P@](=O)(c2ccccc2)C1. The molecule has 3 heteroatoms. The highest BCUT2D eigenvalue weighted by atomic mass is 31.2. The molecule has 13 heavy (non-hydrogen) atoms. The lowest BCUT2D eigenvalue weighted by atomic mass is 10.4. The largest absolute Gasteiger partial charge is 0.318 e. The topological polar surface area (TPSA) is 34.1 Å². The van der Waals surface area contributed by atoms with Crippen LogP contribution in [-0.4, -0.2) is 18.1 Å². The Labute approximate surface area is 77.3 Å². The smallest absolute Gasteiger partial charge is 0.140 e. The lowest BCUT2D eigenvalue weighted by molar-refractivity contribution is -0.115. The van der Waals surface area contributed by atoms with Gasteiger partial charge in [0.1, 0.15) is 12.9 Å². The zero-order chi connectivity index (χ0) is 9.31. The van der Waals surface area contributed by atoms with Crippen molar-refractivity contribution >= 4 is 18.2 Å². The van der Waals surface area contributed by atoms with Crippen LogP contribution in [0.25, 0.3) is 0 Å². The van der Waals surface area contributed by atoms with Crippen molar-refractivity contribution in [1.29, 1.82) is 0 Å². The van der Waals surface area contributed by atoms with Crippen molar-refractivity contribution in [2.75, 3.05) is 12.3 Å². The fourth-order valence-electron chi connectivity index (χ4n) is 1.67. The second-order valence-corrected chi connectivity index (χ2v) is 6.45. The molecule has 2 rings (SSSR count). The van der Waals surface area contributed by atoms with Gasteiger partial charge < -0.3 is 4.57 Å². The molecule has 0 amide bonds. The van der Waals surface area contributed by atoms with Gasteiger partial charge in [-0.3, -0.25) is 4.79 Å². The summed E-state index contributed by atoms with van der Waals surface area (Å²) in [5, 5.41) is 0.862. The fraction of sp³-hybridized carbons (Fsp3) is 0.300. The minimum absolute atomic E-state index is 0.146. The van der Waals surface area contributed by atoms with Crippen LogP contribution in [0.1, 0.15) is 6.42 Å². The molecular formula is C10H11O2P. The molecule has 2 nitrogen and oxygen atoms in total. The van der Waals surface area contributed by atoms with Gasteiger partial charge in [-0.1, -0.05) is 30.3 Å². The molecule has 0 unspecified atom stereocenters. The number of Topliss-reactive ketones (excluding diaryl/α,β-unsaturated/α-hetero) is 1. The monoisotopic (exact) mass is 194 g/mol. The van der Waals surface area contributed by atoms with Gasteiger partial charge in [-0.25, -0.2) is 0 Å². The van der Waals surface area contributed by atoms with E-state index in [1.165, 1.54) is 0 Å². The normalized spacial score (nSPS) is 27.8. The summed E-state index contributed by atoms with van der Waals surface area (Å²) in [5.41, 5.74) is 0. The number of benzene rings is 1. The van der Waals surface area contributed by atoms with Crippen LogP contribution >= 0.6 is 7.14 Å². The predicted octanol–water partition coefficient (Wildman–Crippen LogP) is 1.65. The lowest BCUT2D eigenvalue weighted by Gasteiger charge is -2.08. The van der Waals surface area contributed by atoms with Crippen LogP contribution in [-0.2, 0) is 9.36 Å². The molecule has 1 heterocycles. The average Bonchev–Trinajstić information content (AvgIpc) is 2.49. The van der Waals surface area contributed by atoms with Crippen LogP contribution in [0.15, 0.2) is 30.3 Å². The van der Waals surface area contributed by atoms with Gasteiger partial charge >= 0.3 is 0 Å². The zero-order valence-electron chi connectivity index (χ0n) is 7.27. The molecule has 0 radical (unpaired) electrons. The highest BCUT2D eigenvalue weighted by Crippen LogP contribution is 2.49. The summed E-state index contributed by atoms with van der Waals surface area (Å²) in [6, 6.07) is 9.36. The van der Waals surface area contributed by atoms with Crippen molar-refractivity contribution in [3.63, 3.8) is 0 Å². The first-order valence-electron chi connectivity index (χ1n) is 4.36. The first kappa shape index (κ1) is 8.71. The maximum atomic E-state index is 12.2. The van der Waals surface area contributed by atoms with Gasteiger partial charge in [0.15, 0.2) is 0 Å². The van der Waals surface area contributed by atoms with Gasteiger partial charge in [-0.2, -0.15) is 0 Å². The Morgan fingerprint density at radius 2 is 1.85 bits per heavy atom. The quantitative estimate of drug-likeness (QED) is 0.637. The Balaban J connectivity index is 2.37. The number of carbonyl (C=O) groups excluding carboxylic acids is 1. The molecule has 0 aliphatic carbocycles. The van der Waals surface area contributed by atoms with Gasteiger partial charge in [-0.15, -0.1) is 0 Å². The Morgan fingerprint density at radius 3 is 2.38 bits per heavy atom. The third kappa shape index (κ3) is 1.59. The van der Waals surface area contributed by atoms with Crippen LogP contribution in [0.2, 0.25) is 0 Å². The first-order valence-corrected chi connectivity index (χ1v) is 6.44. The molecule has 68 valence electrons. The lowest BCUT2D eigenvalue weighted by Crippen LogP contribution is -2.06. The molecule has 0 saturated carbocycles. The summed E-state index contributed by atoms with van der Waals surface area (Å²) in [5.74, 6) is 0.146. The number of carbonyl (C=O) groups is 1. The van der Waals surface area contributed by atoms with E-state index in [1.54, 1.807) is 0 Å². The van der Waals surface area contributed by atoms with Crippen molar-refractivity contribution in [3.05, 3.63) is 30.3 Å². The molecule has 1 fully saturated rings. The summed E-state index contributed by atoms with van der Waals surface area (Å²) in [7, 11) is -2.33. The van der Waals surface area contributed by atoms with E-state index < -0.39 is 7.14 Å². The van der Waals surface area contributed by atoms with Crippen molar-refractivity contribution < 1.29 is 9.36 Å². The summed E-state index contributed by atoms with van der Waals surface area (Å²) >= 11 is 0. The molecule has 1 aromatic carbocycles. The standard InChI is InChI=1S/C10H11O2P/c11-9-6-7-13(12,8-9)10-4-2-1-3-5-10/h1-5H,6-8H2/t13-/m1/s1. The summed E-state index contributed by atoms with van der Waals surface area (Å²) in [6.45, 7) is 0. The van der Waals surface area contributed by atoms with Crippen molar-refractivity contribution in [2.45, 2.75) is 6.42 Å². The van der Waals surface area contributed by atoms with Gasteiger partial charge in [0.25, 0.3) is 0 Å². The van der Waals surface area contributed by atoms with Crippen LogP contribution in [0.4, 0.5) is 0 Å². The molecule has 1 aliphatic rings. The fourth-order valence-corrected chi connectivity index (χ4v) is 4.32. The van der Waals surface area contributed by atoms with Gasteiger partial charge in [-0.05, 0) is 0 Å². The molecule has 1 atom stereocenters. The van der Waals surface area contributed by atoms with Crippen molar-refractivity contribution in [3.8, 4) is 0 Å². The average molecular weight is 194 g/mol. The molecule has 1 saturated heterocycles. The second kappa shape index (κ2) is 3.12. The van der Waals surface area contributed by atoms with E-state index in [4.69, 9.17) is 0 Å². The maximum absolute atomic E-state index is 12.2. The second-order valence-electron chi connectivity index (χ2n) is 3.40. The number of hydrogen-bond donors (Lipinski definition) is 0. The van der Waals surface area contributed by atoms with E-state index in [2.05, 4.69) is 0 Å². The summed E-state index contributed by atoms with van der Waals surface area (Å²) < 4.78 is 12.2. The summed E-state index contributed by atoms with van der Waals surface area (Å²) in [6.07, 6.45) is 1.33. The third-order valence-electron chi connectivity index (χ3n) is 2.41. The molecule has 0 bridgehead atoms. The van der Waals surface area contributed by atoms with Crippen LogP contribution in [0, 0.1) is 0 Å². The van der Waals surface area contributed by atoms with Crippen LogP contribution in [0.3, 0.4) is 0 Å². The Morgan fingerprint density at radius 1 is 1.15 bits per heavy atom. The van der Waals surface area contributed by atoms with Gasteiger partial charge in [0.2, 0.25) is 0 Å². The van der Waals surface area contributed by atoms with E-state index in [9.17, 15) is 9.36 Å². The number of ketones is 1. The minimum atomic E-state index is -2.33. The van der Waals surface area contributed by atoms with E-state index >= 15 is 0 Å². The minimum Gasteiger partial charge on any atom is -0.318 e. The highest BCUT2D eigenvalue weighted by Gasteiger charge is 2.33. The molecule has 0 spiro atoms. The Bertz CT molecular complexity index is 370. The molecule has 1 aromatic rings. The van der Waals surface area contributed by atoms with Crippen molar-refractivity contribution in [1.82, 2.24) is 0 Å². The highest BCUT2D eigenvalue weighted by molar-refractivity contribution is 7.73. The van der Waals surface area contributed by atoms with E-state index in [-0.39, 0.29) is 11.9 Å². The summed E-state index contributed by atoms with van der Waals surface area (Å²) in [4.78, 5) is 11.1. The Kier molecular flexibility index (Phi) is 2.09. The van der Waals surface area contributed by atoms with Crippen LogP contribution < -0.4 is 5.30 Å². The molecular weight excluding hydrogens is 183 g/mol. The van der Waals surface area contributed by atoms with Gasteiger partial charge in [0.05, 0.1) is 6.16 Å². The van der Waals surface area contributed by atoms with E-state index in [1.807, 2.05) is 30.3 Å². The van der Waals surface area contributed by atoms with Crippen LogP contribution in [0.5, 0.6) is 0 Å². The third-order valence-corrected chi connectivity index (χ3v) is 5.46. The predicted molar refractivity (Wildman–Crippen MR) is 53.0 cm³/mol. The van der Waals surface area contributed by atoms with E-state index in [0.717, 1.165) is 5.30 Å². The van der Waals surface area contributed by atoms with Gasteiger partial charge in [0, 0.05) is 17.9 Å². The van der Waals surface area contributed by atoms with E-state index in [0.29, 0.717) is 12.6 Å². The number of rotatable bonds is 1. The first-order chi connectivity index (χ1) is 6.21. The molecule has 0 aromatic heterocycles.